The van der Waals surface area contributed by atoms with Gasteiger partial charge in [-0.1, -0.05) is 42.5 Å². The van der Waals surface area contributed by atoms with E-state index in [1.807, 2.05) is 36.4 Å². The van der Waals surface area contributed by atoms with E-state index in [0.717, 1.165) is 10.6 Å². The molecule has 1 aliphatic heterocycles. The van der Waals surface area contributed by atoms with Gasteiger partial charge in [-0.15, -0.1) is 22.0 Å². The first-order valence-electron chi connectivity index (χ1n) is 7.50. The van der Waals surface area contributed by atoms with Crippen LogP contribution in [0.25, 0.3) is 5.69 Å². The third-order valence-corrected chi connectivity index (χ3v) is 5.32. The third kappa shape index (κ3) is 2.47. The molecule has 5 heteroatoms. The first-order valence-corrected chi connectivity index (χ1v) is 8.38. The number of benzene rings is 2. The highest BCUT2D eigenvalue weighted by molar-refractivity contribution is 7.99. The summed E-state index contributed by atoms with van der Waals surface area (Å²) in [7, 11) is 0. The molecular formula is C18H15N3OS. The average Bonchev–Trinajstić information content (AvgIpc) is 2.76. The molecule has 2 heterocycles. The van der Waals surface area contributed by atoms with Gasteiger partial charge >= 0.3 is 0 Å². The van der Waals surface area contributed by atoms with Crippen molar-refractivity contribution in [1.29, 1.82) is 0 Å². The standard InChI is InChI=1S/C18H15N3OS/c1-12-18(22)21-14-9-5-6-10-15(14)23-16(11-17(21)20-19-12)13-7-3-2-4-8-13/h2-10,16H,11H2,1H3. The maximum Gasteiger partial charge on any atom is 0.279 e. The molecule has 0 radical (unpaired) electrons. The normalized spacial score (nSPS) is 16.3. The predicted octanol–water partition coefficient (Wildman–Crippen LogP) is 3.33. The molecule has 23 heavy (non-hydrogen) atoms. The molecule has 4 rings (SSSR count). The topological polar surface area (TPSA) is 47.8 Å². The number of fused-ring (bicyclic) bond motifs is 3. The minimum atomic E-state index is -0.0863. The van der Waals surface area contributed by atoms with E-state index >= 15 is 0 Å². The summed E-state index contributed by atoms with van der Waals surface area (Å²) < 4.78 is 1.72. The van der Waals surface area contributed by atoms with Gasteiger partial charge in [0.05, 0.1) is 5.69 Å². The maximum absolute atomic E-state index is 12.6. The summed E-state index contributed by atoms with van der Waals surface area (Å²) >= 11 is 1.77. The monoisotopic (exact) mass is 321 g/mol. The second-order valence-electron chi connectivity index (χ2n) is 5.53. The fourth-order valence-corrected chi connectivity index (χ4v) is 4.11. The molecule has 1 aromatic heterocycles. The molecule has 0 bridgehead atoms. The van der Waals surface area contributed by atoms with Crippen molar-refractivity contribution in [2.24, 2.45) is 0 Å². The van der Waals surface area contributed by atoms with Gasteiger partial charge in [0.25, 0.3) is 5.56 Å². The van der Waals surface area contributed by atoms with Crippen LogP contribution >= 0.6 is 11.8 Å². The Labute approximate surface area is 138 Å². The van der Waals surface area contributed by atoms with Crippen LogP contribution in [-0.2, 0) is 6.42 Å². The minimum Gasteiger partial charge on any atom is -0.267 e. The molecule has 2 aromatic carbocycles. The van der Waals surface area contributed by atoms with Crippen LogP contribution in [0.5, 0.6) is 0 Å². The Morgan fingerprint density at radius 1 is 1.04 bits per heavy atom. The highest BCUT2D eigenvalue weighted by Crippen LogP contribution is 2.42. The number of nitrogens with zero attached hydrogens (tertiary/aromatic N) is 3. The SMILES string of the molecule is Cc1nnc2n(c1=O)-c1ccccc1SC(c1ccccc1)C2. The number of rotatable bonds is 1. The maximum atomic E-state index is 12.6. The molecule has 0 saturated carbocycles. The largest absolute Gasteiger partial charge is 0.279 e. The van der Waals surface area contributed by atoms with Crippen LogP contribution in [0.2, 0.25) is 0 Å². The lowest BCUT2D eigenvalue weighted by molar-refractivity contribution is 0.709. The van der Waals surface area contributed by atoms with E-state index in [2.05, 4.69) is 28.4 Å². The van der Waals surface area contributed by atoms with E-state index in [0.29, 0.717) is 17.9 Å². The number of thioether (sulfide) groups is 1. The fraction of sp³-hybridized carbons (Fsp3) is 0.167. The van der Waals surface area contributed by atoms with Crippen molar-refractivity contribution in [1.82, 2.24) is 14.8 Å². The quantitative estimate of drug-likeness (QED) is 0.690. The van der Waals surface area contributed by atoms with E-state index in [1.54, 1.807) is 23.3 Å². The Balaban J connectivity index is 1.95. The first kappa shape index (κ1) is 14.2. The van der Waals surface area contributed by atoms with Gasteiger partial charge in [-0.2, -0.15) is 0 Å². The molecule has 0 saturated heterocycles. The summed E-state index contributed by atoms with van der Waals surface area (Å²) in [4.78, 5) is 13.7. The lowest BCUT2D eigenvalue weighted by Crippen LogP contribution is -2.27. The van der Waals surface area contributed by atoms with Gasteiger partial charge in [-0.05, 0) is 24.6 Å². The molecule has 0 spiro atoms. The third-order valence-electron chi connectivity index (χ3n) is 4.00. The van der Waals surface area contributed by atoms with E-state index < -0.39 is 0 Å². The van der Waals surface area contributed by atoms with E-state index in [1.165, 1.54) is 5.56 Å². The van der Waals surface area contributed by atoms with Crippen LogP contribution < -0.4 is 5.56 Å². The zero-order valence-electron chi connectivity index (χ0n) is 12.6. The van der Waals surface area contributed by atoms with Gasteiger partial charge in [0.15, 0.2) is 0 Å². The van der Waals surface area contributed by atoms with Gasteiger partial charge in [0.1, 0.15) is 11.5 Å². The van der Waals surface area contributed by atoms with Gasteiger partial charge in [-0.3, -0.25) is 9.36 Å². The van der Waals surface area contributed by atoms with Crippen LogP contribution in [0.4, 0.5) is 0 Å². The minimum absolute atomic E-state index is 0.0863. The Kier molecular flexibility index (Phi) is 3.50. The summed E-state index contributed by atoms with van der Waals surface area (Å²) in [5, 5.41) is 8.57. The van der Waals surface area contributed by atoms with Crippen molar-refractivity contribution >= 4 is 11.8 Å². The van der Waals surface area contributed by atoms with Crippen molar-refractivity contribution in [2.75, 3.05) is 0 Å². The lowest BCUT2D eigenvalue weighted by atomic mass is 10.1. The Morgan fingerprint density at radius 2 is 1.78 bits per heavy atom. The van der Waals surface area contributed by atoms with E-state index in [4.69, 9.17) is 0 Å². The van der Waals surface area contributed by atoms with Crippen LogP contribution in [0, 0.1) is 6.92 Å². The van der Waals surface area contributed by atoms with Crippen molar-refractivity contribution < 1.29 is 0 Å². The average molecular weight is 321 g/mol. The summed E-state index contributed by atoms with van der Waals surface area (Å²) in [6.07, 6.45) is 0.673. The van der Waals surface area contributed by atoms with Crippen LogP contribution in [0.15, 0.2) is 64.3 Å². The Morgan fingerprint density at radius 3 is 2.61 bits per heavy atom. The molecule has 4 nitrogen and oxygen atoms in total. The molecular weight excluding hydrogens is 306 g/mol. The zero-order valence-corrected chi connectivity index (χ0v) is 13.5. The molecule has 114 valence electrons. The number of hydrogen-bond acceptors (Lipinski definition) is 4. The summed E-state index contributed by atoms with van der Waals surface area (Å²) in [5.74, 6) is 0.715. The molecule has 1 atom stereocenters. The zero-order chi connectivity index (χ0) is 15.8. The second kappa shape index (κ2) is 5.66. The van der Waals surface area contributed by atoms with Crippen molar-refractivity contribution in [2.45, 2.75) is 23.5 Å². The van der Waals surface area contributed by atoms with Crippen LogP contribution in [0.1, 0.15) is 22.3 Å². The summed E-state index contributed by atoms with van der Waals surface area (Å²) in [6, 6.07) is 18.3. The smallest absolute Gasteiger partial charge is 0.267 e. The highest BCUT2D eigenvalue weighted by Gasteiger charge is 2.25. The van der Waals surface area contributed by atoms with Crippen molar-refractivity contribution in [3.63, 3.8) is 0 Å². The van der Waals surface area contributed by atoms with Gasteiger partial charge in [0, 0.05) is 16.6 Å². The lowest BCUT2D eigenvalue weighted by Gasteiger charge is -2.14. The van der Waals surface area contributed by atoms with E-state index in [-0.39, 0.29) is 10.8 Å². The number of aryl methyl sites for hydroxylation is 1. The van der Waals surface area contributed by atoms with Crippen LogP contribution in [-0.4, -0.2) is 14.8 Å². The van der Waals surface area contributed by atoms with Crippen molar-refractivity contribution in [3.8, 4) is 5.69 Å². The van der Waals surface area contributed by atoms with E-state index in [9.17, 15) is 4.79 Å². The Hall–Kier alpha value is -2.40. The number of hydrogen-bond donors (Lipinski definition) is 0. The Bertz CT molecular complexity index is 921. The number of aromatic nitrogens is 3. The van der Waals surface area contributed by atoms with Crippen molar-refractivity contribution in [3.05, 3.63) is 82.0 Å². The number of para-hydroxylation sites is 1. The molecule has 0 N–H and O–H groups in total. The molecule has 1 aliphatic rings. The highest BCUT2D eigenvalue weighted by atomic mass is 32.2. The molecule has 0 amide bonds. The van der Waals surface area contributed by atoms with Gasteiger partial charge in [-0.25, -0.2) is 0 Å². The molecule has 3 aromatic rings. The molecule has 0 fully saturated rings. The summed E-state index contributed by atoms with van der Waals surface area (Å²) in [6.45, 7) is 1.71. The summed E-state index contributed by atoms with van der Waals surface area (Å²) in [5.41, 5.74) is 2.47. The van der Waals surface area contributed by atoms with Gasteiger partial charge < -0.3 is 0 Å². The molecule has 0 aliphatic carbocycles. The first-order chi connectivity index (χ1) is 11.2. The second-order valence-corrected chi connectivity index (χ2v) is 6.78. The molecule has 1 unspecified atom stereocenters. The van der Waals surface area contributed by atoms with Crippen LogP contribution in [0.3, 0.4) is 0 Å². The van der Waals surface area contributed by atoms with Gasteiger partial charge in [0.2, 0.25) is 0 Å². The fourth-order valence-electron chi connectivity index (χ4n) is 2.84. The predicted molar refractivity (Wildman–Crippen MR) is 91.1 cm³/mol.